The highest BCUT2D eigenvalue weighted by Gasteiger charge is 2.24. The van der Waals surface area contributed by atoms with Crippen molar-refractivity contribution in [2.24, 2.45) is 0 Å². The van der Waals surface area contributed by atoms with Gasteiger partial charge in [0, 0.05) is 32.1 Å². The molecule has 0 saturated carbocycles. The lowest BCUT2D eigenvalue weighted by Gasteiger charge is -2.29. The van der Waals surface area contributed by atoms with Crippen LogP contribution in [0.3, 0.4) is 0 Å². The van der Waals surface area contributed by atoms with E-state index in [1.54, 1.807) is 31.5 Å². The number of hydrogen-bond donors (Lipinski definition) is 0. The fourth-order valence-electron chi connectivity index (χ4n) is 3.29. The van der Waals surface area contributed by atoms with Gasteiger partial charge in [0.15, 0.2) is 28.6 Å². The molecule has 0 aliphatic carbocycles. The van der Waals surface area contributed by atoms with Gasteiger partial charge in [-0.1, -0.05) is 23.9 Å². The summed E-state index contributed by atoms with van der Waals surface area (Å²) in [4.78, 5) is 18.5. The van der Waals surface area contributed by atoms with E-state index in [4.69, 9.17) is 14.2 Å². The first-order chi connectivity index (χ1) is 15.7. The molecule has 0 bridgehead atoms. The van der Waals surface area contributed by atoms with Crippen molar-refractivity contribution in [3.05, 3.63) is 48.8 Å². The van der Waals surface area contributed by atoms with E-state index < -0.39 is 0 Å². The quantitative estimate of drug-likeness (QED) is 0.454. The number of methoxy groups -OCH3 is 1. The number of carbonyl (C=O) groups excluding carboxylic acids is 1. The first kappa shape index (κ1) is 22.1. The number of fused-ring (bicyclic) bond motifs is 1. The lowest BCUT2D eigenvalue weighted by atomic mass is 10.2. The molecule has 0 radical (unpaired) electrons. The first-order valence-corrected chi connectivity index (χ1v) is 11.2. The van der Waals surface area contributed by atoms with Gasteiger partial charge in [0.05, 0.1) is 25.4 Å². The average Bonchev–Trinajstić information content (AvgIpc) is 3.24. The predicted octanol–water partition coefficient (Wildman–Crippen LogP) is 2.38. The second-order valence-corrected chi connectivity index (χ2v) is 8.19. The number of aromatic nitrogens is 4. The summed E-state index contributed by atoms with van der Waals surface area (Å²) in [5.74, 6) is 2.37. The summed E-state index contributed by atoms with van der Waals surface area (Å²) in [5.41, 5.74) is 0.911. The Morgan fingerprint density at radius 3 is 2.78 bits per heavy atom. The van der Waals surface area contributed by atoms with Crippen molar-refractivity contribution in [2.75, 3.05) is 39.7 Å². The van der Waals surface area contributed by atoms with Crippen LogP contribution in [-0.2, 0) is 16.1 Å². The SMILES string of the molecule is COCCn1c(SCC(=O)N(C)CC2COc3ccccc3O2)nnc1-c1ccncc1. The van der Waals surface area contributed by atoms with Crippen LogP contribution in [0.4, 0.5) is 0 Å². The third kappa shape index (κ3) is 5.20. The number of benzene rings is 1. The summed E-state index contributed by atoms with van der Waals surface area (Å²) in [6, 6.07) is 11.3. The van der Waals surface area contributed by atoms with Crippen molar-refractivity contribution < 1.29 is 19.0 Å². The number of rotatable bonds is 9. The van der Waals surface area contributed by atoms with Gasteiger partial charge in [-0.25, -0.2) is 0 Å². The van der Waals surface area contributed by atoms with Crippen LogP contribution in [0.15, 0.2) is 53.9 Å². The second-order valence-electron chi connectivity index (χ2n) is 7.25. The Balaban J connectivity index is 1.36. The zero-order valence-corrected chi connectivity index (χ0v) is 18.8. The van der Waals surface area contributed by atoms with Crippen molar-refractivity contribution in [3.8, 4) is 22.9 Å². The summed E-state index contributed by atoms with van der Waals surface area (Å²) in [6.45, 7) is 1.94. The number of likely N-dealkylation sites (N-methyl/N-ethyl adjacent to an activating group) is 1. The summed E-state index contributed by atoms with van der Waals surface area (Å²) in [5, 5.41) is 9.29. The summed E-state index contributed by atoms with van der Waals surface area (Å²) >= 11 is 1.35. The summed E-state index contributed by atoms with van der Waals surface area (Å²) < 4.78 is 18.9. The van der Waals surface area contributed by atoms with E-state index in [2.05, 4.69) is 15.2 Å². The molecule has 2 aromatic heterocycles. The number of pyridine rings is 1. The van der Waals surface area contributed by atoms with Crippen LogP contribution in [0.2, 0.25) is 0 Å². The number of hydrogen-bond acceptors (Lipinski definition) is 8. The maximum Gasteiger partial charge on any atom is 0.232 e. The lowest BCUT2D eigenvalue weighted by Crippen LogP contribution is -2.42. The molecule has 9 nitrogen and oxygen atoms in total. The molecule has 1 amide bonds. The van der Waals surface area contributed by atoms with Crippen LogP contribution >= 0.6 is 11.8 Å². The Kier molecular flexibility index (Phi) is 7.23. The number of thioether (sulfide) groups is 1. The zero-order valence-electron chi connectivity index (χ0n) is 18.0. The molecule has 1 unspecified atom stereocenters. The van der Waals surface area contributed by atoms with Crippen molar-refractivity contribution in [1.29, 1.82) is 0 Å². The number of carbonyl (C=O) groups is 1. The molecule has 0 N–H and O–H groups in total. The highest BCUT2D eigenvalue weighted by Crippen LogP contribution is 2.31. The van der Waals surface area contributed by atoms with Crippen LogP contribution in [0, 0.1) is 0 Å². The Bertz CT molecular complexity index is 1050. The van der Waals surface area contributed by atoms with E-state index in [1.165, 1.54) is 11.8 Å². The smallest absolute Gasteiger partial charge is 0.232 e. The monoisotopic (exact) mass is 455 g/mol. The Morgan fingerprint density at radius 1 is 1.22 bits per heavy atom. The van der Waals surface area contributed by atoms with Crippen LogP contribution in [0.25, 0.3) is 11.4 Å². The average molecular weight is 456 g/mol. The van der Waals surface area contributed by atoms with Gasteiger partial charge in [-0.3, -0.25) is 14.3 Å². The number of nitrogens with zero attached hydrogens (tertiary/aromatic N) is 5. The van der Waals surface area contributed by atoms with E-state index in [9.17, 15) is 4.79 Å². The highest BCUT2D eigenvalue weighted by atomic mass is 32.2. The second kappa shape index (κ2) is 10.5. The largest absolute Gasteiger partial charge is 0.486 e. The topological polar surface area (TPSA) is 91.6 Å². The molecule has 3 aromatic rings. The standard InChI is InChI=1S/C22H25N5O4S/c1-26(13-17-14-30-18-5-3-4-6-19(18)31-17)20(28)15-32-22-25-24-21(27(22)11-12-29-2)16-7-9-23-10-8-16/h3-10,17H,11-15H2,1-2H3. The lowest BCUT2D eigenvalue weighted by molar-refractivity contribution is -0.128. The minimum absolute atomic E-state index is 0.0239. The van der Waals surface area contributed by atoms with Crippen molar-refractivity contribution in [3.63, 3.8) is 0 Å². The Morgan fingerprint density at radius 2 is 2.00 bits per heavy atom. The fraction of sp³-hybridized carbons (Fsp3) is 0.364. The molecule has 1 aliphatic heterocycles. The number of amides is 1. The van der Waals surface area contributed by atoms with Crippen LogP contribution in [0.1, 0.15) is 0 Å². The molecule has 0 spiro atoms. The van der Waals surface area contributed by atoms with Crippen LogP contribution in [0.5, 0.6) is 11.5 Å². The van der Waals surface area contributed by atoms with E-state index in [0.717, 1.165) is 17.1 Å². The minimum Gasteiger partial charge on any atom is -0.486 e. The Labute approximate surface area is 190 Å². The number of para-hydroxylation sites is 2. The maximum absolute atomic E-state index is 12.8. The molecular weight excluding hydrogens is 430 g/mol. The first-order valence-electron chi connectivity index (χ1n) is 10.2. The van der Waals surface area contributed by atoms with Crippen LogP contribution < -0.4 is 9.47 Å². The van der Waals surface area contributed by atoms with Gasteiger partial charge in [-0.15, -0.1) is 10.2 Å². The summed E-state index contributed by atoms with van der Waals surface area (Å²) in [7, 11) is 3.42. The molecule has 1 aromatic carbocycles. The van der Waals surface area contributed by atoms with Gasteiger partial charge in [-0.2, -0.15) is 0 Å². The zero-order chi connectivity index (χ0) is 22.3. The van der Waals surface area contributed by atoms with Crippen molar-refractivity contribution in [2.45, 2.75) is 17.8 Å². The third-order valence-corrected chi connectivity index (χ3v) is 5.92. The van der Waals surface area contributed by atoms with Crippen molar-refractivity contribution in [1.82, 2.24) is 24.6 Å². The van der Waals surface area contributed by atoms with Crippen LogP contribution in [-0.4, -0.2) is 76.3 Å². The molecule has 4 rings (SSSR count). The maximum atomic E-state index is 12.8. The molecule has 3 heterocycles. The molecular formula is C22H25N5O4S. The molecule has 168 valence electrons. The van der Waals surface area contributed by atoms with E-state index in [0.29, 0.717) is 37.2 Å². The molecule has 32 heavy (non-hydrogen) atoms. The molecule has 0 fully saturated rings. The molecule has 0 saturated heterocycles. The van der Waals surface area contributed by atoms with Gasteiger partial charge in [-0.05, 0) is 24.3 Å². The van der Waals surface area contributed by atoms with E-state index >= 15 is 0 Å². The molecule has 1 aliphatic rings. The summed E-state index contributed by atoms with van der Waals surface area (Å²) in [6.07, 6.45) is 3.21. The van der Waals surface area contributed by atoms with Gasteiger partial charge in [0.25, 0.3) is 0 Å². The molecule has 10 heteroatoms. The predicted molar refractivity (Wildman–Crippen MR) is 120 cm³/mol. The minimum atomic E-state index is -0.215. The van der Waals surface area contributed by atoms with Gasteiger partial charge < -0.3 is 19.1 Å². The normalized spacial score (nSPS) is 14.9. The Hall–Kier alpha value is -3.11. The highest BCUT2D eigenvalue weighted by molar-refractivity contribution is 7.99. The van der Waals surface area contributed by atoms with E-state index in [1.807, 2.05) is 41.0 Å². The van der Waals surface area contributed by atoms with Crippen molar-refractivity contribution >= 4 is 17.7 Å². The van der Waals surface area contributed by atoms with Gasteiger partial charge in [0.2, 0.25) is 5.91 Å². The van der Waals surface area contributed by atoms with E-state index in [-0.39, 0.29) is 17.8 Å². The van der Waals surface area contributed by atoms with Gasteiger partial charge in [0.1, 0.15) is 6.61 Å². The fourth-order valence-corrected chi connectivity index (χ4v) is 4.20. The van der Waals surface area contributed by atoms with Gasteiger partial charge >= 0.3 is 0 Å². The molecule has 1 atom stereocenters. The number of ether oxygens (including phenoxy) is 3. The third-order valence-electron chi connectivity index (χ3n) is 4.97.